The van der Waals surface area contributed by atoms with Crippen LogP contribution in [0.5, 0.6) is 5.88 Å². The molecule has 2 aromatic rings. The zero-order valence-electron chi connectivity index (χ0n) is 12.9. The van der Waals surface area contributed by atoms with Crippen molar-refractivity contribution in [3.05, 3.63) is 46.5 Å². The molecule has 0 amide bonds. The van der Waals surface area contributed by atoms with Crippen molar-refractivity contribution in [2.75, 3.05) is 6.26 Å². The van der Waals surface area contributed by atoms with Crippen LogP contribution in [-0.2, 0) is 0 Å². The molecule has 0 spiro atoms. The lowest BCUT2D eigenvalue weighted by Crippen LogP contribution is -2.19. The second-order valence-electron chi connectivity index (χ2n) is 3.25. The molecule has 0 saturated carbocycles. The van der Waals surface area contributed by atoms with Crippen LogP contribution < -0.4 is 5.56 Å². The number of halogens is 1. The zero-order chi connectivity index (χ0) is 16.4. The van der Waals surface area contributed by atoms with Crippen molar-refractivity contribution in [3.8, 4) is 11.6 Å². The first kappa shape index (κ1) is 19.2. The fraction of sp³-hybridized carbons (Fsp3) is 0.333. The predicted molar refractivity (Wildman–Crippen MR) is 85.9 cm³/mol. The molecular formula is C15H21FN2O2S. The van der Waals surface area contributed by atoms with E-state index in [1.54, 1.807) is 6.26 Å². The summed E-state index contributed by atoms with van der Waals surface area (Å²) in [6.07, 6.45) is 1.74. The van der Waals surface area contributed by atoms with Crippen molar-refractivity contribution in [1.29, 1.82) is 0 Å². The number of aromatic nitrogens is 2. The first-order valence-corrected chi connectivity index (χ1v) is 7.97. The third kappa shape index (κ3) is 5.23. The summed E-state index contributed by atoms with van der Waals surface area (Å²) in [7, 11) is 0. The van der Waals surface area contributed by atoms with Gasteiger partial charge in [0, 0.05) is 0 Å². The highest BCUT2D eigenvalue weighted by atomic mass is 32.2. The van der Waals surface area contributed by atoms with Crippen molar-refractivity contribution >= 4 is 11.8 Å². The topological polar surface area (TPSA) is 55.1 Å². The Morgan fingerprint density at radius 2 is 1.67 bits per heavy atom. The Kier molecular flexibility index (Phi) is 9.12. The molecule has 0 bridgehead atoms. The average molecular weight is 312 g/mol. The fourth-order valence-electron chi connectivity index (χ4n) is 1.41. The lowest BCUT2D eigenvalue weighted by atomic mass is 10.3. The Morgan fingerprint density at radius 3 is 2.14 bits per heavy atom. The van der Waals surface area contributed by atoms with Gasteiger partial charge in [0.25, 0.3) is 5.56 Å². The maximum absolute atomic E-state index is 12.8. The molecule has 1 aromatic carbocycles. The molecule has 0 unspecified atom stereocenters. The molecule has 1 aromatic heterocycles. The normalized spacial score (nSPS) is 9.05. The second-order valence-corrected chi connectivity index (χ2v) is 4.02. The number of aromatic hydroxyl groups is 1. The summed E-state index contributed by atoms with van der Waals surface area (Å²) in [5.74, 6) is -0.697. The number of rotatable bonds is 2. The molecule has 0 aliphatic heterocycles. The van der Waals surface area contributed by atoms with Crippen LogP contribution in [0.2, 0.25) is 0 Å². The van der Waals surface area contributed by atoms with Gasteiger partial charge in [0.05, 0.1) is 11.8 Å². The third-order valence-corrected chi connectivity index (χ3v) is 2.78. The summed E-state index contributed by atoms with van der Waals surface area (Å²) < 4.78 is 14.1. The van der Waals surface area contributed by atoms with Crippen molar-refractivity contribution < 1.29 is 9.50 Å². The number of hydrogen-bond donors (Lipinski definition) is 1. The standard InChI is InChI=1S/C11H9FN2O2S.2C2H6/c1-17-11-13-9(15)6-10(16)14(11)8-4-2-7(12)3-5-8;2*1-2/h2-6,15H,1H3;2*1-2H3. The van der Waals surface area contributed by atoms with E-state index in [2.05, 4.69) is 4.98 Å². The van der Waals surface area contributed by atoms with Crippen LogP contribution >= 0.6 is 11.8 Å². The Labute approximate surface area is 128 Å². The molecule has 1 heterocycles. The van der Waals surface area contributed by atoms with E-state index < -0.39 is 5.56 Å². The monoisotopic (exact) mass is 312 g/mol. The molecule has 0 atom stereocenters. The highest BCUT2D eigenvalue weighted by molar-refractivity contribution is 7.98. The van der Waals surface area contributed by atoms with Gasteiger partial charge in [-0.2, -0.15) is 4.98 Å². The molecule has 4 nitrogen and oxygen atoms in total. The molecule has 1 N–H and O–H groups in total. The largest absolute Gasteiger partial charge is 0.493 e. The molecule has 0 aliphatic carbocycles. The summed E-state index contributed by atoms with van der Waals surface area (Å²) in [5.41, 5.74) is 0.0988. The van der Waals surface area contributed by atoms with E-state index in [0.29, 0.717) is 10.8 Å². The van der Waals surface area contributed by atoms with E-state index >= 15 is 0 Å². The molecule has 116 valence electrons. The summed E-state index contributed by atoms with van der Waals surface area (Å²) in [6.45, 7) is 8.00. The number of benzene rings is 1. The van der Waals surface area contributed by atoms with Crippen LogP contribution in [0.4, 0.5) is 4.39 Å². The van der Waals surface area contributed by atoms with Crippen molar-refractivity contribution in [3.63, 3.8) is 0 Å². The second kappa shape index (κ2) is 9.99. The average Bonchev–Trinajstić information content (AvgIpc) is 2.52. The number of thioether (sulfide) groups is 1. The Hall–Kier alpha value is -1.82. The number of hydrogen-bond acceptors (Lipinski definition) is 4. The van der Waals surface area contributed by atoms with Crippen LogP contribution in [0.25, 0.3) is 5.69 Å². The molecular weight excluding hydrogens is 291 g/mol. The van der Waals surface area contributed by atoms with Gasteiger partial charge in [-0.25, -0.2) is 4.39 Å². The van der Waals surface area contributed by atoms with Gasteiger partial charge in [-0.1, -0.05) is 39.5 Å². The Morgan fingerprint density at radius 1 is 1.14 bits per heavy atom. The van der Waals surface area contributed by atoms with Gasteiger partial charge >= 0.3 is 0 Å². The first-order chi connectivity index (χ1) is 10.1. The van der Waals surface area contributed by atoms with E-state index in [-0.39, 0.29) is 11.7 Å². The van der Waals surface area contributed by atoms with Gasteiger partial charge in [-0.15, -0.1) is 0 Å². The summed E-state index contributed by atoms with van der Waals surface area (Å²) in [4.78, 5) is 15.6. The highest BCUT2D eigenvalue weighted by Gasteiger charge is 2.09. The van der Waals surface area contributed by atoms with Crippen LogP contribution in [0.1, 0.15) is 27.7 Å². The lowest BCUT2D eigenvalue weighted by Gasteiger charge is -2.09. The molecule has 0 aliphatic rings. The zero-order valence-corrected chi connectivity index (χ0v) is 13.7. The summed E-state index contributed by atoms with van der Waals surface area (Å²) >= 11 is 1.22. The van der Waals surface area contributed by atoms with E-state index in [1.165, 1.54) is 40.6 Å². The minimum Gasteiger partial charge on any atom is -0.493 e. The summed E-state index contributed by atoms with van der Waals surface area (Å²) in [5, 5.41) is 9.59. The molecule has 2 rings (SSSR count). The molecule has 0 fully saturated rings. The van der Waals surface area contributed by atoms with Gasteiger partial charge in [-0.05, 0) is 30.5 Å². The minimum absolute atomic E-state index is 0.322. The third-order valence-electron chi connectivity index (χ3n) is 2.14. The maximum Gasteiger partial charge on any atom is 0.262 e. The van der Waals surface area contributed by atoms with E-state index in [4.69, 9.17) is 0 Å². The SMILES string of the molecule is CC.CC.CSc1nc(O)cc(=O)n1-c1ccc(F)cc1. The van der Waals surface area contributed by atoms with Gasteiger partial charge in [0.15, 0.2) is 5.16 Å². The van der Waals surface area contributed by atoms with Gasteiger partial charge in [0.2, 0.25) is 5.88 Å². The van der Waals surface area contributed by atoms with Gasteiger partial charge in [-0.3, -0.25) is 9.36 Å². The lowest BCUT2D eigenvalue weighted by molar-refractivity contribution is 0.441. The molecule has 0 saturated heterocycles. The van der Waals surface area contributed by atoms with Crippen LogP contribution in [-0.4, -0.2) is 20.9 Å². The highest BCUT2D eigenvalue weighted by Crippen LogP contribution is 2.17. The van der Waals surface area contributed by atoms with Gasteiger partial charge in [0.1, 0.15) is 5.82 Å². The quantitative estimate of drug-likeness (QED) is 0.676. The Bertz CT molecular complexity index is 598. The smallest absolute Gasteiger partial charge is 0.262 e. The van der Waals surface area contributed by atoms with Crippen LogP contribution in [0, 0.1) is 5.82 Å². The predicted octanol–water partition coefficient (Wildman–Crippen LogP) is 3.85. The van der Waals surface area contributed by atoms with E-state index in [1.807, 2.05) is 27.7 Å². The molecule has 6 heteroatoms. The minimum atomic E-state index is -0.409. The fourth-order valence-corrected chi connectivity index (χ4v) is 1.98. The van der Waals surface area contributed by atoms with E-state index in [9.17, 15) is 14.3 Å². The molecule has 21 heavy (non-hydrogen) atoms. The maximum atomic E-state index is 12.8. The summed E-state index contributed by atoms with van der Waals surface area (Å²) in [6, 6.07) is 6.50. The molecule has 0 radical (unpaired) electrons. The van der Waals surface area contributed by atoms with E-state index in [0.717, 1.165) is 6.07 Å². The van der Waals surface area contributed by atoms with Crippen LogP contribution in [0.15, 0.2) is 40.3 Å². The number of nitrogens with zero attached hydrogens (tertiary/aromatic N) is 2. The first-order valence-electron chi connectivity index (χ1n) is 6.75. The Balaban J connectivity index is 0.000000921. The van der Waals surface area contributed by atoms with Crippen molar-refractivity contribution in [2.24, 2.45) is 0 Å². The van der Waals surface area contributed by atoms with Crippen molar-refractivity contribution in [2.45, 2.75) is 32.9 Å². The van der Waals surface area contributed by atoms with Crippen molar-refractivity contribution in [1.82, 2.24) is 9.55 Å². The van der Waals surface area contributed by atoms with Crippen LogP contribution in [0.3, 0.4) is 0 Å². The van der Waals surface area contributed by atoms with Gasteiger partial charge < -0.3 is 5.11 Å².